The molecular formula is C26H26N4O5S2. The van der Waals surface area contributed by atoms with E-state index in [2.05, 4.69) is 10.3 Å². The molecular weight excluding hydrogens is 512 g/mol. The summed E-state index contributed by atoms with van der Waals surface area (Å²) in [6.45, 7) is 0.368. The lowest BCUT2D eigenvalue weighted by Gasteiger charge is -2.21. The van der Waals surface area contributed by atoms with Crippen LogP contribution in [0.5, 0.6) is 5.75 Å². The van der Waals surface area contributed by atoms with Gasteiger partial charge in [-0.2, -0.15) is 4.31 Å². The number of thiophene rings is 1. The number of rotatable bonds is 9. The van der Waals surface area contributed by atoms with Gasteiger partial charge in [-0.25, -0.2) is 17.9 Å². The van der Waals surface area contributed by atoms with Gasteiger partial charge in [-0.1, -0.05) is 47.7 Å². The van der Waals surface area contributed by atoms with E-state index >= 15 is 0 Å². The highest BCUT2D eigenvalue weighted by Gasteiger charge is 2.39. The van der Waals surface area contributed by atoms with Gasteiger partial charge < -0.3 is 9.84 Å². The van der Waals surface area contributed by atoms with E-state index in [-0.39, 0.29) is 10.6 Å². The molecule has 1 unspecified atom stereocenters. The maximum Gasteiger partial charge on any atom is 0.328 e. The first-order valence-corrected chi connectivity index (χ1v) is 14.1. The Bertz CT molecular complexity index is 1480. The van der Waals surface area contributed by atoms with Crippen LogP contribution in [-0.4, -0.2) is 52.4 Å². The minimum atomic E-state index is -3.76. The van der Waals surface area contributed by atoms with E-state index in [0.29, 0.717) is 30.8 Å². The van der Waals surface area contributed by atoms with Gasteiger partial charge in [0.15, 0.2) is 6.04 Å². The van der Waals surface area contributed by atoms with Crippen LogP contribution in [0.4, 0.5) is 0 Å². The standard InChI is InChI=1S/C26H26N4O5S2/c1-35-20-11-9-18(10-12-20)16-23(26(31)32)29-17-21(27-28-29)22-8-5-15-30(22)37(33,34)25-14-13-24(36-25)19-6-3-2-4-7-19/h2-4,6-7,9-14,17,22-23H,5,8,15-16H2,1H3,(H,31,32)/t22-,23?/m0/s1. The molecule has 2 aromatic heterocycles. The summed E-state index contributed by atoms with van der Waals surface area (Å²) in [5.74, 6) is -0.363. The van der Waals surface area contributed by atoms with Crippen molar-refractivity contribution in [1.29, 1.82) is 0 Å². The molecule has 9 nitrogen and oxygen atoms in total. The van der Waals surface area contributed by atoms with Gasteiger partial charge in [-0.3, -0.25) is 0 Å². The number of hydrogen-bond donors (Lipinski definition) is 1. The van der Waals surface area contributed by atoms with Gasteiger partial charge in [0, 0.05) is 17.8 Å². The van der Waals surface area contributed by atoms with Crippen LogP contribution in [0, 0.1) is 0 Å². The fourth-order valence-corrected chi connectivity index (χ4v) is 7.64. The van der Waals surface area contributed by atoms with Crippen molar-refractivity contribution in [3.8, 4) is 16.2 Å². The highest BCUT2D eigenvalue weighted by atomic mass is 32.2. The second-order valence-electron chi connectivity index (χ2n) is 8.79. The summed E-state index contributed by atoms with van der Waals surface area (Å²) in [7, 11) is -2.19. The van der Waals surface area contributed by atoms with Gasteiger partial charge >= 0.3 is 5.97 Å². The zero-order valence-electron chi connectivity index (χ0n) is 20.1. The molecule has 1 fully saturated rings. The predicted octanol–water partition coefficient (Wildman–Crippen LogP) is 4.41. The van der Waals surface area contributed by atoms with Crippen LogP contribution in [0.2, 0.25) is 0 Å². The van der Waals surface area contributed by atoms with Crippen molar-refractivity contribution in [2.24, 2.45) is 0 Å². The van der Waals surface area contributed by atoms with E-state index in [1.165, 1.54) is 20.3 Å². The molecule has 11 heteroatoms. The van der Waals surface area contributed by atoms with Crippen LogP contribution in [-0.2, 0) is 21.2 Å². The fourth-order valence-electron chi connectivity index (χ4n) is 4.53. The zero-order valence-corrected chi connectivity index (χ0v) is 21.7. The van der Waals surface area contributed by atoms with Crippen molar-refractivity contribution in [3.05, 3.63) is 84.2 Å². The van der Waals surface area contributed by atoms with E-state index in [1.54, 1.807) is 31.5 Å². The molecule has 37 heavy (non-hydrogen) atoms. The second kappa shape index (κ2) is 10.4. The Morgan fingerprint density at radius 1 is 1.14 bits per heavy atom. The molecule has 1 aliphatic heterocycles. The first-order valence-electron chi connectivity index (χ1n) is 11.8. The first kappa shape index (κ1) is 25.1. The molecule has 192 valence electrons. The van der Waals surface area contributed by atoms with E-state index < -0.39 is 28.1 Å². The van der Waals surface area contributed by atoms with Crippen molar-refractivity contribution in [2.45, 2.75) is 35.6 Å². The Labute approximate surface area is 219 Å². The van der Waals surface area contributed by atoms with Crippen LogP contribution < -0.4 is 4.74 Å². The SMILES string of the molecule is COc1ccc(CC(C(=O)O)n2cc([C@@H]3CCCN3S(=O)(=O)c3ccc(-c4ccccc4)s3)nn2)cc1. The van der Waals surface area contributed by atoms with Gasteiger partial charge in [0.25, 0.3) is 10.0 Å². The number of hydrogen-bond acceptors (Lipinski definition) is 7. The molecule has 3 heterocycles. The molecule has 1 saturated heterocycles. The number of carbonyl (C=O) groups is 1. The Balaban J connectivity index is 1.37. The number of ether oxygens (including phenoxy) is 1. The quantitative estimate of drug-likeness (QED) is 0.336. The number of nitrogens with zero attached hydrogens (tertiary/aromatic N) is 4. The summed E-state index contributed by atoms with van der Waals surface area (Å²) in [6, 6.07) is 18.8. The number of carboxylic acids is 1. The van der Waals surface area contributed by atoms with Crippen molar-refractivity contribution in [3.63, 3.8) is 0 Å². The van der Waals surface area contributed by atoms with Crippen molar-refractivity contribution in [1.82, 2.24) is 19.3 Å². The molecule has 2 atom stereocenters. The summed E-state index contributed by atoms with van der Waals surface area (Å²) in [5.41, 5.74) is 2.22. The first-order chi connectivity index (χ1) is 17.9. The van der Waals surface area contributed by atoms with E-state index in [9.17, 15) is 18.3 Å². The lowest BCUT2D eigenvalue weighted by Crippen LogP contribution is -2.30. The van der Waals surface area contributed by atoms with Crippen LogP contribution in [0.15, 0.2) is 77.1 Å². The highest BCUT2D eigenvalue weighted by Crippen LogP contribution is 2.39. The Morgan fingerprint density at radius 2 is 1.89 bits per heavy atom. The monoisotopic (exact) mass is 538 g/mol. The smallest absolute Gasteiger partial charge is 0.328 e. The molecule has 0 aliphatic carbocycles. The average Bonchev–Trinajstić information content (AvgIpc) is 3.68. The molecule has 1 N–H and O–H groups in total. The molecule has 0 saturated carbocycles. The number of aromatic nitrogens is 3. The minimum absolute atomic E-state index is 0.201. The van der Waals surface area contributed by atoms with Crippen LogP contribution in [0.3, 0.4) is 0 Å². The minimum Gasteiger partial charge on any atom is -0.497 e. The normalized spacial score (nSPS) is 17.1. The Hall–Kier alpha value is -3.54. The molecule has 0 amide bonds. The average molecular weight is 539 g/mol. The molecule has 0 radical (unpaired) electrons. The molecule has 0 bridgehead atoms. The number of aliphatic carboxylic acids is 1. The number of sulfonamides is 1. The molecule has 4 aromatic rings. The summed E-state index contributed by atoms with van der Waals surface area (Å²) in [4.78, 5) is 12.9. The predicted molar refractivity (Wildman–Crippen MR) is 139 cm³/mol. The van der Waals surface area contributed by atoms with Gasteiger partial charge in [-0.15, -0.1) is 16.4 Å². The summed E-state index contributed by atoms with van der Waals surface area (Å²) in [6.07, 6.45) is 3.03. The number of methoxy groups -OCH3 is 1. The van der Waals surface area contributed by atoms with Crippen molar-refractivity contribution in [2.75, 3.05) is 13.7 Å². The molecule has 1 aliphatic rings. The van der Waals surface area contributed by atoms with E-state index in [0.717, 1.165) is 16.0 Å². The van der Waals surface area contributed by atoms with Gasteiger partial charge in [0.05, 0.1) is 19.3 Å². The Kier molecular flexibility index (Phi) is 7.09. The van der Waals surface area contributed by atoms with Crippen molar-refractivity contribution < 1.29 is 23.1 Å². The lowest BCUT2D eigenvalue weighted by atomic mass is 10.1. The van der Waals surface area contributed by atoms with Crippen molar-refractivity contribution >= 4 is 27.3 Å². The molecule has 2 aromatic carbocycles. The van der Waals surface area contributed by atoms with Crippen LogP contribution in [0.1, 0.15) is 36.2 Å². The largest absolute Gasteiger partial charge is 0.497 e. The number of benzene rings is 2. The lowest BCUT2D eigenvalue weighted by molar-refractivity contribution is -0.141. The van der Waals surface area contributed by atoms with E-state index in [4.69, 9.17) is 4.74 Å². The maximum atomic E-state index is 13.6. The summed E-state index contributed by atoms with van der Waals surface area (Å²) in [5, 5.41) is 18.2. The number of carboxylic acid groups (broad SMARTS) is 1. The summed E-state index contributed by atoms with van der Waals surface area (Å²) < 4.78 is 35.4. The zero-order chi connectivity index (χ0) is 26.0. The summed E-state index contributed by atoms with van der Waals surface area (Å²) >= 11 is 1.24. The van der Waals surface area contributed by atoms with Gasteiger partial charge in [0.2, 0.25) is 0 Å². The highest BCUT2D eigenvalue weighted by molar-refractivity contribution is 7.91. The van der Waals surface area contributed by atoms with Gasteiger partial charge in [0.1, 0.15) is 15.7 Å². The van der Waals surface area contributed by atoms with Crippen LogP contribution in [0.25, 0.3) is 10.4 Å². The van der Waals surface area contributed by atoms with Gasteiger partial charge in [-0.05, 0) is 48.2 Å². The third kappa shape index (κ3) is 5.15. The Morgan fingerprint density at radius 3 is 2.59 bits per heavy atom. The fraction of sp³-hybridized carbons (Fsp3) is 0.269. The topological polar surface area (TPSA) is 115 Å². The molecule has 0 spiro atoms. The maximum absolute atomic E-state index is 13.6. The third-order valence-electron chi connectivity index (χ3n) is 6.47. The molecule has 5 rings (SSSR count). The third-order valence-corrected chi connectivity index (χ3v) is 9.98. The second-order valence-corrected chi connectivity index (χ2v) is 12.0. The van der Waals surface area contributed by atoms with E-state index in [1.807, 2.05) is 48.5 Å². The van der Waals surface area contributed by atoms with Crippen LogP contribution >= 0.6 is 11.3 Å².